The zero-order valence-electron chi connectivity index (χ0n) is 16.6. The van der Waals surface area contributed by atoms with E-state index in [1.165, 1.54) is 11.8 Å². The number of amides is 1. The van der Waals surface area contributed by atoms with E-state index in [4.69, 9.17) is 4.74 Å². The Bertz CT molecular complexity index is 1020. The Morgan fingerprint density at radius 2 is 1.73 bits per heavy atom. The molecule has 1 fully saturated rings. The third-order valence-corrected chi connectivity index (χ3v) is 6.58. The molecule has 1 aromatic heterocycles. The fourth-order valence-electron chi connectivity index (χ4n) is 3.46. The van der Waals surface area contributed by atoms with Gasteiger partial charge in [0.25, 0.3) is 5.91 Å². The molecule has 4 rings (SSSR count). The van der Waals surface area contributed by atoms with Crippen LogP contribution in [0.1, 0.15) is 10.4 Å². The van der Waals surface area contributed by atoms with Crippen LogP contribution in [0, 0.1) is 0 Å². The van der Waals surface area contributed by atoms with Crippen LogP contribution in [0.3, 0.4) is 0 Å². The van der Waals surface area contributed by atoms with Gasteiger partial charge in [-0.05, 0) is 48.5 Å². The summed E-state index contributed by atoms with van der Waals surface area (Å²) in [5.41, 5.74) is 1.72. The van der Waals surface area contributed by atoms with Gasteiger partial charge in [-0.2, -0.15) is 0 Å². The van der Waals surface area contributed by atoms with Gasteiger partial charge in [-0.15, -0.1) is 0 Å². The number of aromatic nitrogens is 1. The molecule has 0 atom stereocenters. The maximum atomic E-state index is 13.3. The van der Waals surface area contributed by atoms with Crippen molar-refractivity contribution in [1.82, 2.24) is 9.88 Å². The van der Waals surface area contributed by atoms with Gasteiger partial charge >= 0.3 is 0 Å². The van der Waals surface area contributed by atoms with Gasteiger partial charge in [-0.1, -0.05) is 39.8 Å². The summed E-state index contributed by atoms with van der Waals surface area (Å²) in [4.78, 5) is 23.0. The first-order valence-electron chi connectivity index (χ1n) is 9.71. The van der Waals surface area contributed by atoms with Crippen LogP contribution in [0.4, 0.5) is 5.69 Å². The molecule has 1 aliphatic heterocycles. The average Bonchev–Trinajstić information content (AvgIpc) is 2.80. The predicted octanol–water partition coefficient (Wildman–Crippen LogP) is 4.97. The van der Waals surface area contributed by atoms with E-state index in [0.29, 0.717) is 18.7 Å². The molecule has 1 aliphatic rings. The Hall–Kier alpha value is -2.51. The average molecular weight is 484 g/mol. The second-order valence-corrected chi connectivity index (χ2v) is 8.84. The van der Waals surface area contributed by atoms with Crippen molar-refractivity contribution in [2.45, 2.75) is 9.92 Å². The first-order chi connectivity index (χ1) is 14.7. The second-order valence-electron chi connectivity index (χ2n) is 6.86. The van der Waals surface area contributed by atoms with Crippen LogP contribution < -0.4 is 9.64 Å². The molecule has 0 N–H and O–H groups in total. The number of para-hydroxylation sites is 2. The highest BCUT2D eigenvalue weighted by molar-refractivity contribution is 9.10. The van der Waals surface area contributed by atoms with Crippen LogP contribution in [0.2, 0.25) is 0 Å². The third-order valence-electron chi connectivity index (χ3n) is 5.02. The molecular formula is C23H22BrN3O2S. The molecule has 30 heavy (non-hydrogen) atoms. The van der Waals surface area contributed by atoms with Crippen molar-refractivity contribution < 1.29 is 9.53 Å². The van der Waals surface area contributed by atoms with Crippen LogP contribution in [0.25, 0.3) is 0 Å². The van der Waals surface area contributed by atoms with Crippen molar-refractivity contribution >= 4 is 39.3 Å². The first kappa shape index (κ1) is 20.8. The summed E-state index contributed by atoms with van der Waals surface area (Å²) in [6.07, 6.45) is 1.73. The number of ether oxygens (including phenoxy) is 1. The topological polar surface area (TPSA) is 45.7 Å². The summed E-state index contributed by atoms with van der Waals surface area (Å²) in [5, 5.41) is 0.733. The molecule has 0 radical (unpaired) electrons. The van der Waals surface area contributed by atoms with Gasteiger partial charge in [0.05, 0.1) is 18.4 Å². The van der Waals surface area contributed by atoms with Crippen molar-refractivity contribution in [3.05, 3.63) is 76.9 Å². The zero-order chi connectivity index (χ0) is 20.9. The Morgan fingerprint density at radius 3 is 2.47 bits per heavy atom. The smallest absolute Gasteiger partial charge is 0.256 e. The molecular weight excluding hydrogens is 462 g/mol. The highest BCUT2D eigenvalue weighted by Crippen LogP contribution is 2.31. The van der Waals surface area contributed by atoms with Gasteiger partial charge < -0.3 is 14.5 Å². The number of halogens is 1. The number of benzene rings is 2. The van der Waals surface area contributed by atoms with Crippen molar-refractivity contribution in [2.24, 2.45) is 0 Å². The molecule has 154 valence electrons. The Kier molecular flexibility index (Phi) is 6.59. The highest BCUT2D eigenvalue weighted by atomic mass is 79.9. The van der Waals surface area contributed by atoms with Gasteiger partial charge in [0.2, 0.25) is 0 Å². The molecule has 0 unspecified atom stereocenters. The lowest BCUT2D eigenvalue weighted by Crippen LogP contribution is -2.49. The number of hydrogen-bond acceptors (Lipinski definition) is 5. The molecule has 0 saturated carbocycles. The molecule has 2 aromatic carbocycles. The van der Waals surface area contributed by atoms with Crippen molar-refractivity contribution in [1.29, 1.82) is 0 Å². The van der Waals surface area contributed by atoms with Crippen LogP contribution in [-0.4, -0.2) is 49.1 Å². The molecule has 1 amide bonds. The number of nitrogens with zero attached hydrogens (tertiary/aromatic N) is 3. The van der Waals surface area contributed by atoms with E-state index >= 15 is 0 Å². The maximum absolute atomic E-state index is 13.3. The van der Waals surface area contributed by atoms with Gasteiger partial charge in [0.1, 0.15) is 10.8 Å². The number of piperazine rings is 1. The monoisotopic (exact) mass is 483 g/mol. The number of hydrogen-bond donors (Lipinski definition) is 0. The van der Waals surface area contributed by atoms with Crippen LogP contribution >= 0.6 is 27.7 Å². The minimum atomic E-state index is 0.0300. The third kappa shape index (κ3) is 4.63. The Morgan fingerprint density at radius 1 is 1.00 bits per heavy atom. The van der Waals surface area contributed by atoms with Gasteiger partial charge in [0.15, 0.2) is 0 Å². The molecule has 0 spiro atoms. The number of carbonyl (C=O) groups excluding carboxylic acids is 1. The number of anilines is 1. The normalized spacial score (nSPS) is 13.9. The highest BCUT2D eigenvalue weighted by Gasteiger charge is 2.25. The second kappa shape index (κ2) is 9.53. The van der Waals surface area contributed by atoms with E-state index in [1.54, 1.807) is 13.3 Å². The minimum Gasteiger partial charge on any atom is -0.495 e. The van der Waals surface area contributed by atoms with Crippen LogP contribution in [-0.2, 0) is 0 Å². The van der Waals surface area contributed by atoms with Gasteiger partial charge in [-0.25, -0.2) is 4.98 Å². The molecule has 7 heteroatoms. The standard InChI is InChI=1S/C23H22BrN3O2S/c1-29-21-7-3-2-6-20(21)26-13-15-27(16-14-26)23(28)19-5-4-12-25-22(19)30-18-10-8-17(24)9-11-18/h2-12H,13-16H2,1H3. The van der Waals surface area contributed by atoms with E-state index < -0.39 is 0 Å². The molecule has 5 nitrogen and oxygen atoms in total. The van der Waals surface area contributed by atoms with Crippen molar-refractivity contribution in [3.63, 3.8) is 0 Å². The minimum absolute atomic E-state index is 0.0300. The van der Waals surface area contributed by atoms with E-state index in [0.717, 1.165) is 38.9 Å². The number of carbonyl (C=O) groups is 1. The van der Waals surface area contributed by atoms with E-state index in [1.807, 2.05) is 59.5 Å². The fourth-order valence-corrected chi connectivity index (χ4v) is 4.60. The number of rotatable bonds is 5. The first-order valence-corrected chi connectivity index (χ1v) is 11.3. The fraction of sp³-hybridized carbons (Fsp3) is 0.217. The summed E-state index contributed by atoms with van der Waals surface area (Å²) >= 11 is 4.97. The maximum Gasteiger partial charge on any atom is 0.256 e. The SMILES string of the molecule is COc1ccccc1N1CCN(C(=O)c2cccnc2Sc2ccc(Br)cc2)CC1. The van der Waals surface area contributed by atoms with Crippen LogP contribution in [0.5, 0.6) is 5.75 Å². The largest absolute Gasteiger partial charge is 0.495 e. The van der Waals surface area contributed by atoms with Crippen molar-refractivity contribution in [2.75, 3.05) is 38.2 Å². The molecule has 3 aromatic rings. The summed E-state index contributed by atoms with van der Waals surface area (Å²) in [7, 11) is 1.69. The van der Waals surface area contributed by atoms with E-state index in [9.17, 15) is 4.79 Å². The molecule has 2 heterocycles. The molecule has 1 saturated heterocycles. The lowest BCUT2D eigenvalue weighted by Gasteiger charge is -2.36. The lowest BCUT2D eigenvalue weighted by molar-refractivity contribution is 0.0742. The number of methoxy groups -OCH3 is 1. The van der Waals surface area contributed by atoms with E-state index in [2.05, 4.69) is 31.9 Å². The Labute approximate surface area is 189 Å². The quantitative estimate of drug-likeness (QED) is 0.512. The van der Waals surface area contributed by atoms with E-state index in [-0.39, 0.29) is 5.91 Å². The summed E-state index contributed by atoms with van der Waals surface area (Å²) in [6.45, 7) is 2.85. The molecule has 0 aliphatic carbocycles. The summed E-state index contributed by atoms with van der Waals surface area (Å²) < 4.78 is 6.51. The van der Waals surface area contributed by atoms with Gasteiger partial charge in [-0.3, -0.25) is 4.79 Å². The van der Waals surface area contributed by atoms with Crippen LogP contribution in [0.15, 0.2) is 81.3 Å². The number of pyridine rings is 1. The molecule has 0 bridgehead atoms. The Balaban J connectivity index is 1.46. The van der Waals surface area contributed by atoms with Crippen molar-refractivity contribution in [3.8, 4) is 5.75 Å². The zero-order valence-corrected chi connectivity index (χ0v) is 19.0. The van der Waals surface area contributed by atoms with Gasteiger partial charge in [0, 0.05) is 41.7 Å². The predicted molar refractivity (Wildman–Crippen MR) is 124 cm³/mol. The summed E-state index contributed by atoms with van der Waals surface area (Å²) in [6, 6.07) is 19.7. The summed E-state index contributed by atoms with van der Waals surface area (Å²) in [5.74, 6) is 0.889. The lowest BCUT2D eigenvalue weighted by atomic mass is 10.2.